The van der Waals surface area contributed by atoms with Crippen molar-refractivity contribution in [2.45, 2.75) is 43.7 Å². The van der Waals surface area contributed by atoms with Crippen LogP contribution in [-0.2, 0) is 9.53 Å². The van der Waals surface area contributed by atoms with Crippen molar-refractivity contribution in [2.24, 2.45) is 11.7 Å². The van der Waals surface area contributed by atoms with E-state index in [2.05, 4.69) is 24.3 Å². The second-order valence-corrected chi connectivity index (χ2v) is 6.21. The van der Waals surface area contributed by atoms with Gasteiger partial charge in [-0.25, -0.2) is 0 Å². The molecule has 0 aromatic rings. The Morgan fingerprint density at radius 3 is 2.53 bits per heavy atom. The van der Waals surface area contributed by atoms with E-state index < -0.39 is 0 Å². The summed E-state index contributed by atoms with van der Waals surface area (Å²) < 4.78 is 5.26. The largest absolute Gasteiger partial charge is 0.379 e. The topological polar surface area (TPSA) is 67.6 Å². The van der Waals surface area contributed by atoms with E-state index in [1.807, 2.05) is 0 Å². The molecule has 19 heavy (non-hydrogen) atoms. The number of amides is 1. The molecule has 0 bridgehead atoms. The maximum Gasteiger partial charge on any atom is 0.227 e. The molecule has 1 saturated heterocycles. The molecule has 0 aromatic heterocycles. The third-order valence-corrected chi connectivity index (χ3v) is 4.79. The van der Waals surface area contributed by atoms with Crippen LogP contribution in [0.4, 0.5) is 0 Å². The number of carbonyl (C=O) groups is 1. The van der Waals surface area contributed by atoms with E-state index in [-0.39, 0.29) is 23.4 Å². The number of nitrogens with one attached hydrogen (secondary N) is 1. The zero-order valence-electron chi connectivity index (χ0n) is 12.2. The minimum Gasteiger partial charge on any atom is -0.379 e. The van der Waals surface area contributed by atoms with Crippen LogP contribution in [0.2, 0.25) is 0 Å². The van der Waals surface area contributed by atoms with Crippen molar-refractivity contribution < 1.29 is 9.53 Å². The molecule has 1 aliphatic carbocycles. The van der Waals surface area contributed by atoms with E-state index in [1.54, 1.807) is 0 Å². The van der Waals surface area contributed by atoms with Gasteiger partial charge in [-0.1, -0.05) is 19.3 Å². The first kappa shape index (κ1) is 14.8. The zero-order valence-corrected chi connectivity index (χ0v) is 12.2. The third-order valence-electron chi connectivity index (χ3n) is 4.79. The van der Waals surface area contributed by atoms with Crippen LogP contribution in [-0.4, -0.2) is 56.2 Å². The maximum absolute atomic E-state index is 12.2. The Bertz CT molecular complexity index is 314. The lowest BCUT2D eigenvalue weighted by Crippen LogP contribution is -2.55. The fraction of sp³-hybridized carbons (Fsp3) is 0.929. The predicted molar refractivity (Wildman–Crippen MR) is 74.8 cm³/mol. The molecule has 2 atom stereocenters. The third kappa shape index (κ3) is 3.27. The van der Waals surface area contributed by atoms with Gasteiger partial charge in [0.1, 0.15) is 0 Å². The van der Waals surface area contributed by atoms with E-state index in [0.717, 1.165) is 19.4 Å². The fourth-order valence-corrected chi connectivity index (χ4v) is 3.22. The summed E-state index contributed by atoms with van der Waals surface area (Å²) in [4.78, 5) is 14.4. The molecule has 5 nitrogen and oxygen atoms in total. The quantitative estimate of drug-likeness (QED) is 0.772. The van der Waals surface area contributed by atoms with Gasteiger partial charge in [-0.15, -0.1) is 0 Å². The molecule has 0 aromatic carbocycles. The van der Waals surface area contributed by atoms with Gasteiger partial charge < -0.3 is 20.7 Å². The Morgan fingerprint density at radius 2 is 2.00 bits per heavy atom. The second kappa shape index (κ2) is 6.20. The van der Waals surface area contributed by atoms with Gasteiger partial charge in [0, 0.05) is 18.1 Å². The van der Waals surface area contributed by atoms with Gasteiger partial charge in [0.15, 0.2) is 0 Å². The maximum atomic E-state index is 12.2. The Kier molecular flexibility index (Phi) is 4.81. The summed E-state index contributed by atoms with van der Waals surface area (Å²) in [5, 5.41) is 3.11. The van der Waals surface area contributed by atoms with Crippen molar-refractivity contribution in [3.63, 3.8) is 0 Å². The highest BCUT2D eigenvalue weighted by atomic mass is 16.5. The SMILES string of the molecule is CN(C)C1(CNC(=O)C2COCC2N)CCCCC1. The van der Waals surface area contributed by atoms with Gasteiger partial charge in [0.05, 0.1) is 19.1 Å². The van der Waals surface area contributed by atoms with E-state index in [1.165, 1.54) is 19.3 Å². The Labute approximate surface area is 115 Å². The van der Waals surface area contributed by atoms with Crippen LogP contribution in [0.25, 0.3) is 0 Å². The summed E-state index contributed by atoms with van der Waals surface area (Å²) in [6, 6.07) is -0.151. The zero-order chi connectivity index (χ0) is 13.9. The first-order chi connectivity index (χ1) is 9.05. The summed E-state index contributed by atoms with van der Waals surface area (Å²) in [5.74, 6) is -0.125. The Morgan fingerprint density at radius 1 is 1.32 bits per heavy atom. The smallest absolute Gasteiger partial charge is 0.227 e. The van der Waals surface area contributed by atoms with Crippen LogP contribution in [0.1, 0.15) is 32.1 Å². The van der Waals surface area contributed by atoms with Crippen molar-refractivity contribution in [1.29, 1.82) is 0 Å². The molecule has 2 fully saturated rings. The van der Waals surface area contributed by atoms with E-state index in [0.29, 0.717) is 13.2 Å². The number of carbonyl (C=O) groups excluding carboxylic acids is 1. The number of hydrogen-bond donors (Lipinski definition) is 2. The lowest BCUT2D eigenvalue weighted by molar-refractivity contribution is -0.126. The van der Waals surface area contributed by atoms with Crippen LogP contribution >= 0.6 is 0 Å². The fourth-order valence-electron chi connectivity index (χ4n) is 3.22. The normalized spacial score (nSPS) is 30.5. The highest BCUT2D eigenvalue weighted by Gasteiger charge is 2.36. The molecule has 0 radical (unpaired) electrons. The first-order valence-corrected chi connectivity index (χ1v) is 7.34. The molecule has 1 heterocycles. The lowest BCUT2D eigenvalue weighted by Gasteiger charge is -2.43. The molecule has 2 rings (SSSR count). The first-order valence-electron chi connectivity index (χ1n) is 7.34. The van der Waals surface area contributed by atoms with E-state index >= 15 is 0 Å². The number of nitrogens with zero attached hydrogens (tertiary/aromatic N) is 1. The minimum atomic E-state index is -0.178. The van der Waals surface area contributed by atoms with Crippen molar-refractivity contribution in [2.75, 3.05) is 33.9 Å². The summed E-state index contributed by atoms with van der Waals surface area (Å²) in [7, 11) is 4.23. The van der Waals surface area contributed by atoms with Gasteiger partial charge in [0.2, 0.25) is 5.91 Å². The van der Waals surface area contributed by atoms with E-state index in [4.69, 9.17) is 10.5 Å². The molecule has 0 spiro atoms. The Hall–Kier alpha value is -0.650. The van der Waals surface area contributed by atoms with Crippen molar-refractivity contribution in [3.8, 4) is 0 Å². The van der Waals surface area contributed by atoms with Crippen LogP contribution in [0, 0.1) is 5.92 Å². The van der Waals surface area contributed by atoms with Crippen molar-refractivity contribution in [3.05, 3.63) is 0 Å². The van der Waals surface area contributed by atoms with Crippen LogP contribution < -0.4 is 11.1 Å². The monoisotopic (exact) mass is 269 g/mol. The average molecular weight is 269 g/mol. The van der Waals surface area contributed by atoms with Gasteiger partial charge in [0.25, 0.3) is 0 Å². The standard InChI is InChI=1S/C14H27N3O2/c1-17(2)14(6-4-3-5-7-14)10-16-13(18)11-8-19-9-12(11)15/h11-12H,3-10,15H2,1-2H3,(H,16,18). The van der Waals surface area contributed by atoms with Gasteiger partial charge >= 0.3 is 0 Å². The molecule has 2 aliphatic rings. The summed E-state index contributed by atoms with van der Waals surface area (Å²) >= 11 is 0. The summed E-state index contributed by atoms with van der Waals surface area (Å²) in [5.41, 5.74) is 6.01. The summed E-state index contributed by atoms with van der Waals surface area (Å²) in [6.45, 7) is 1.68. The van der Waals surface area contributed by atoms with Crippen molar-refractivity contribution >= 4 is 5.91 Å². The number of ether oxygens (including phenoxy) is 1. The van der Waals surface area contributed by atoms with Crippen LogP contribution in [0.5, 0.6) is 0 Å². The average Bonchev–Trinajstić information content (AvgIpc) is 2.83. The van der Waals surface area contributed by atoms with E-state index in [9.17, 15) is 4.79 Å². The molecule has 3 N–H and O–H groups in total. The van der Waals surface area contributed by atoms with Gasteiger partial charge in [-0.3, -0.25) is 4.79 Å². The van der Waals surface area contributed by atoms with Crippen LogP contribution in [0.15, 0.2) is 0 Å². The highest BCUT2D eigenvalue weighted by molar-refractivity contribution is 5.79. The lowest BCUT2D eigenvalue weighted by atomic mass is 9.80. The highest BCUT2D eigenvalue weighted by Crippen LogP contribution is 2.31. The Balaban J connectivity index is 1.90. The van der Waals surface area contributed by atoms with Crippen molar-refractivity contribution in [1.82, 2.24) is 10.2 Å². The number of nitrogens with two attached hydrogens (primary N) is 1. The second-order valence-electron chi connectivity index (χ2n) is 6.21. The van der Waals surface area contributed by atoms with Crippen LogP contribution in [0.3, 0.4) is 0 Å². The molecule has 1 aliphatic heterocycles. The minimum absolute atomic E-state index is 0.0526. The molecule has 1 amide bonds. The number of hydrogen-bond acceptors (Lipinski definition) is 4. The predicted octanol–water partition coefficient (Wildman–Crippen LogP) is 0.341. The molecule has 5 heteroatoms. The molecule has 2 unspecified atom stereocenters. The number of rotatable bonds is 4. The molecule has 1 saturated carbocycles. The molecular formula is C14H27N3O2. The summed E-state index contributed by atoms with van der Waals surface area (Å²) in [6.07, 6.45) is 6.13. The van der Waals surface area contributed by atoms with Gasteiger partial charge in [-0.2, -0.15) is 0 Å². The molecular weight excluding hydrogens is 242 g/mol. The molecule has 110 valence electrons. The number of likely N-dealkylation sites (N-methyl/N-ethyl adjacent to an activating group) is 1. The van der Waals surface area contributed by atoms with Gasteiger partial charge in [-0.05, 0) is 26.9 Å².